The molecule has 196 valence electrons. The highest BCUT2D eigenvalue weighted by Crippen LogP contribution is 2.37. The lowest BCUT2D eigenvalue weighted by Gasteiger charge is -2.45. The molecule has 10 heteroatoms. The first-order valence-electron chi connectivity index (χ1n) is 12.9. The highest BCUT2D eigenvalue weighted by Gasteiger charge is 2.45. The van der Waals surface area contributed by atoms with Gasteiger partial charge >= 0.3 is 0 Å². The summed E-state index contributed by atoms with van der Waals surface area (Å²) in [5, 5.41) is 13.7. The number of nitrogens with one attached hydrogen (secondary N) is 3. The number of likely N-dealkylation sites (tertiary alicyclic amines) is 1. The van der Waals surface area contributed by atoms with E-state index in [-0.39, 0.29) is 29.6 Å². The summed E-state index contributed by atoms with van der Waals surface area (Å²) in [5.41, 5.74) is 3.15. The fourth-order valence-electron chi connectivity index (χ4n) is 5.48. The Morgan fingerprint density at radius 1 is 1.24 bits per heavy atom. The third-order valence-electron chi connectivity index (χ3n) is 7.85. The average Bonchev–Trinajstić information content (AvgIpc) is 3.27. The van der Waals surface area contributed by atoms with E-state index in [2.05, 4.69) is 30.8 Å². The number of hydrogen-bond acceptors (Lipinski definition) is 6. The van der Waals surface area contributed by atoms with Crippen molar-refractivity contribution in [1.29, 1.82) is 0 Å². The van der Waals surface area contributed by atoms with Gasteiger partial charge in [-0.1, -0.05) is 17.7 Å². The van der Waals surface area contributed by atoms with Crippen LogP contribution in [0.1, 0.15) is 66.2 Å². The standard InChI is InChI=1S/C27H33ClFN7O/c1-16-11-19(13-23-31-15-21(28)25(32-23)33-24-12-17(2)34-35-24)22(29)14-20(16)18-5-9-36(10-6-18)26(37)27(30-3)7-4-8-27/h11-12,14-15,18,30H,4-10,13H2,1-3H3,(H2,31,32,33,34,35). The van der Waals surface area contributed by atoms with E-state index in [1.165, 1.54) is 6.20 Å². The summed E-state index contributed by atoms with van der Waals surface area (Å²) in [7, 11) is 1.88. The molecule has 5 rings (SSSR count). The summed E-state index contributed by atoms with van der Waals surface area (Å²) in [6, 6.07) is 5.40. The monoisotopic (exact) mass is 525 g/mol. The van der Waals surface area contributed by atoms with Crippen molar-refractivity contribution in [2.24, 2.45) is 0 Å². The third kappa shape index (κ3) is 5.20. The Hall–Kier alpha value is -3.04. The normalized spacial score (nSPS) is 17.5. The molecule has 2 fully saturated rings. The maximum Gasteiger partial charge on any atom is 0.242 e. The second-order valence-electron chi connectivity index (χ2n) is 10.3. The lowest BCUT2D eigenvalue weighted by Crippen LogP contribution is -2.61. The lowest BCUT2D eigenvalue weighted by molar-refractivity contribution is -0.143. The SMILES string of the molecule is CNC1(C(=O)N2CCC(c3cc(F)c(Cc4ncc(Cl)c(Nc5cc(C)[nH]n5)n4)cc3C)CC2)CCC1. The molecule has 0 atom stereocenters. The second kappa shape index (κ2) is 10.4. The van der Waals surface area contributed by atoms with E-state index >= 15 is 4.39 Å². The van der Waals surface area contributed by atoms with Crippen LogP contribution in [0, 0.1) is 19.7 Å². The van der Waals surface area contributed by atoms with Crippen LogP contribution in [0.4, 0.5) is 16.0 Å². The van der Waals surface area contributed by atoms with Crippen LogP contribution >= 0.6 is 11.6 Å². The number of hydrogen-bond donors (Lipinski definition) is 3. The van der Waals surface area contributed by atoms with E-state index in [1.54, 1.807) is 6.07 Å². The molecular formula is C27H33ClFN7O. The van der Waals surface area contributed by atoms with Crippen LogP contribution in [-0.2, 0) is 11.2 Å². The molecule has 0 bridgehead atoms. The molecule has 2 aromatic heterocycles. The molecule has 1 amide bonds. The Morgan fingerprint density at radius 2 is 2.00 bits per heavy atom. The van der Waals surface area contributed by atoms with Gasteiger partial charge in [0.15, 0.2) is 11.6 Å². The number of likely N-dealkylation sites (N-methyl/N-ethyl adjacent to an activating group) is 1. The summed E-state index contributed by atoms with van der Waals surface area (Å²) in [6.45, 7) is 5.34. The van der Waals surface area contributed by atoms with E-state index in [9.17, 15) is 4.79 Å². The molecular weight excluding hydrogens is 493 g/mol. The number of piperidine rings is 1. The summed E-state index contributed by atoms with van der Waals surface area (Å²) >= 11 is 6.27. The Kier molecular flexibility index (Phi) is 7.18. The van der Waals surface area contributed by atoms with Crippen LogP contribution in [0.3, 0.4) is 0 Å². The molecule has 1 aliphatic carbocycles. The Morgan fingerprint density at radius 3 is 2.62 bits per heavy atom. The summed E-state index contributed by atoms with van der Waals surface area (Å²) in [4.78, 5) is 23.8. The number of anilines is 2. The molecule has 0 unspecified atom stereocenters. The van der Waals surface area contributed by atoms with Crippen molar-refractivity contribution >= 4 is 29.1 Å². The molecule has 1 aliphatic heterocycles. The van der Waals surface area contributed by atoms with Gasteiger partial charge in [0, 0.05) is 31.3 Å². The molecule has 1 saturated heterocycles. The van der Waals surface area contributed by atoms with Gasteiger partial charge in [0.05, 0.1) is 11.7 Å². The van der Waals surface area contributed by atoms with Crippen molar-refractivity contribution < 1.29 is 9.18 Å². The molecule has 1 aromatic carbocycles. The van der Waals surface area contributed by atoms with Crippen molar-refractivity contribution in [1.82, 2.24) is 30.4 Å². The number of halogens is 2. The van der Waals surface area contributed by atoms with Crippen LogP contribution in [0.15, 0.2) is 24.4 Å². The number of benzene rings is 1. The number of amides is 1. The number of aromatic nitrogens is 4. The van der Waals surface area contributed by atoms with E-state index in [1.807, 2.05) is 37.9 Å². The second-order valence-corrected chi connectivity index (χ2v) is 10.7. The predicted molar refractivity (Wildman–Crippen MR) is 142 cm³/mol. The van der Waals surface area contributed by atoms with Crippen LogP contribution in [0.5, 0.6) is 0 Å². The molecule has 0 spiro atoms. The van der Waals surface area contributed by atoms with E-state index in [4.69, 9.17) is 11.6 Å². The minimum Gasteiger partial charge on any atom is -0.341 e. The number of carbonyl (C=O) groups excluding carboxylic acids is 1. The number of rotatable bonds is 7. The molecule has 3 heterocycles. The average molecular weight is 526 g/mol. The minimum absolute atomic E-state index is 0.220. The van der Waals surface area contributed by atoms with Crippen molar-refractivity contribution in [2.45, 2.75) is 63.8 Å². The van der Waals surface area contributed by atoms with Gasteiger partial charge in [0.2, 0.25) is 5.91 Å². The van der Waals surface area contributed by atoms with Gasteiger partial charge in [0.1, 0.15) is 16.7 Å². The zero-order valence-electron chi connectivity index (χ0n) is 21.5. The summed E-state index contributed by atoms with van der Waals surface area (Å²) in [6.07, 6.45) is 6.35. The van der Waals surface area contributed by atoms with Crippen LogP contribution < -0.4 is 10.6 Å². The van der Waals surface area contributed by atoms with Gasteiger partial charge in [-0.2, -0.15) is 5.10 Å². The maximum atomic E-state index is 15.3. The Bertz CT molecular complexity index is 1290. The van der Waals surface area contributed by atoms with Gasteiger partial charge in [-0.15, -0.1) is 0 Å². The van der Waals surface area contributed by atoms with Crippen LogP contribution in [-0.4, -0.2) is 56.6 Å². The quantitative estimate of drug-likeness (QED) is 0.410. The highest BCUT2D eigenvalue weighted by atomic mass is 35.5. The molecule has 3 aromatic rings. The Labute approximate surface area is 221 Å². The first kappa shape index (κ1) is 25.6. The van der Waals surface area contributed by atoms with E-state index < -0.39 is 0 Å². The first-order chi connectivity index (χ1) is 17.8. The van der Waals surface area contributed by atoms with Crippen molar-refractivity contribution in [2.75, 3.05) is 25.5 Å². The fourth-order valence-corrected chi connectivity index (χ4v) is 5.62. The van der Waals surface area contributed by atoms with Gasteiger partial charge in [-0.25, -0.2) is 14.4 Å². The van der Waals surface area contributed by atoms with Gasteiger partial charge in [0.25, 0.3) is 0 Å². The molecule has 1 saturated carbocycles. The summed E-state index contributed by atoms with van der Waals surface area (Å²) in [5.74, 6) is 1.67. The third-order valence-corrected chi connectivity index (χ3v) is 8.12. The Balaban J connectivity index is 1.26. The first-order valence-corrected chi connectivity index (χ1v) is 13.2. The van der Waals surface area contributed by atoms with Crippen molar-refractivity contribution in [3.8, 4) is 0 Å². The van der Waals surface area contributed by atoms with Gasteiger partial charge in [-0.05, 0) is 81.7 Å². The number of carbonyl (C=O) groups is 1. The zero-order chi connectivity index (χ0) is 26.2. The van der Waals surface area contributed by atoms with E-state index in [0.29, 0.717) is 41.1 Å². The van der Waals surface area contributed by atoms with E-state index in [0.717, 1.165) is 48.9 Å². The number of nitrogens with zero attached hydrogens (tertiary/aromatic N) is 4. The topological polar surface area (TPSA) is 98.8 Å². The number of aromatic amines is 1. The van der Waals surface area contributed by atoms with Crippen LogP contribution in [0.25, 0.3) is 0 Å². The zero-order valence-corrected chi connectivity index (χ0v) is 22.3. The largest absolute Gasteiger partial charge is 0.341 e. The minimum atomic E-state index is -0.368. The number of H-pyrrole nitrogens is 1. The summed E-state index contributed by atoms with van der Waals surface area (Å²) < 4.78 is 15.3. The number of aryl methyl sites for hydroxylation is 2. The smallest absolute Gasteiger partial charge is 0.242 e. The fraction of sp³-hybridized carbons (Fsp3) is 0.481. The highest BCUT2D eigenvalue weighted by molar-refractivity contribution is 6.32. The molecule has 37 heavy (non-hydrogen) atoms. The van der Waals surface area contributed by atoms with Gasteiger partial charge in [-0.3, -0.25) is 9.89 Å². The van der Waals surface area contributed by atoms with Crippen molar-refractivity contribution in [3.63, 3.8) is 0 Å². The van der Waals surface area contributed by atoms with Crippen molar-refractivity contribution in [3.05, 3.63) is 63.4 Å². The molecule has 8 nitrogen and oxygen atoms in total. The van der Waals surface area contributed by atoms with Gasteiger partial charge < -0.3 is 15.5 Å². The van der Waals surface area contributed by atoms with Crippen LogP contribution in [0.2, 0.25) is 5.02 Å². The lowest BCUT2D eigenvalue weighted by atomic mass is 9.75. The molecule has 0 radical (unpaired) electrons. The molecule has 3 N–H and O–H groups in total. The predicted octanol–water partition coefficient (Wildman–Crippen LogP) is 4.79. The molecule has 2 aliphatic rings. The maximum absolute atomic E-state index is 15.3.